The van der Waals surface area contributed by atoms with Gasteiger partial charge in [0.15, 0.2) is 6.61 Å². The Morgan fingerprint density at radius 2 is 2.00 bits per heavy atom. The fourth-order valence-corrected chi connectivity index (χ4v) is 3.27. The quantitative estimate of drug-likeness (QED) is 0.575. The molecule has 0 bridgehead atoms. The Kier molecular flexibility index (Phi) is 8.78. The van der Waals surface area contributed by atoms with Crippen molar-refractivity contribution in [2.75, 3.05) is 12.4 Å². The minimum absolute atomic E-state index is 0.0903. The second kappa shape index (κ2) is 10.3. The smallest absolute Gasteiger partial charge is 0.408 e. The molecule has 3 nitrogen and oxygen atoms in total. The lowest BCUT2D eigenvalue weighted by atomic mass is 10.1. The number of carbonyl (C=O) groups is 1. The zero-order valence-electron chi connectivity index (χ0n) is 15.4. The zero-order chi connectivity index (χ0) is 18.0. The molecule has 0 fully saturated rings. The summed E-state index contributed by atoms with van der Waals surface area (Å²) in [6, 6.07) is 8.20. The van der Waals surface area contributed by atoms with E-state index in [1.165, 1.54) is 17.7 Å². The van der Waals surface area contributed by atoms with Gasteiger partial charge in [-0.2, -0.15) is 0 Å². The number of nitrogens with one attached hydrogen (secondary N) is 1. The van der Waals surface area contributed by atoms with Gasteiger partial charge in [0.1, 0.15) is 0 Å². The molecule has 1 aromatic rings. The minimum atomic E-state index is -0.439. The fourth-order valence-electron chi connectivity index (χ4n) is 1.98. The van der Waals surface area contributed by atoms with E-state index in [0.717, 1.165) is 17.2 Å². The molecule has 24 heavy (non-hydrogen) atoms. The Hall–Kier alpha value is -1.60. The Balaban J connectivity index is 2.49. The number of hydrogen-bond donors (Lipinski definition) is 1. The van der Waals surface area contributed by atoms with Gasteiger partial charge in [0, 0.05) is 21.8 Å². The van der Waals surface area contributed by atoms with E-state index in [0.29, 0.717) is 0 Å². The molecule has 0 spiro atoms. The number of amides is 1. The summed E-state index contributed by atoms with van der Waals surface area (Å²) in [6.07, 6.45) is 2.00. The minimum Gasteiger partial charge on any atom is -0.436 e. The predicted molar refractivity (Wildman–Crippen MR) is 102 cm³/mol. The van der Waals surface area contributed by atoms with Crippen molar-refractivity contribution in [3.8, 4) is 11.8 Å². The highest BCUT2D eigenvalue weighted by molar-refractivity contribution is 7.99. The number of thioether (sulfide) groups is 1. The van der Waals surface area contributed by atoms with Crippen LogP contribution < -0.4 is 5.32 Å². The highest BCUT2D eigenvalue weighted by Crippen LogP contribution is 2.24. The van der Waals surface area contributed by atoms with Crippen LogP contribution in [-0.2, 0) is 4.74 Å². The maximum Gasteiger partial charge on any atom is 0.408 e. The Bertz CT molecular complexity index is 577. The lowest BCUT2D eigenvalue weighted by Gasteiger charge is -2.19. The molecule has 0 aliphatic heterocycles. The van der Waals surface area contributed by atoms with Gasteiger partial charge >= 0.3 is 6.09 Å². The molecule has 0 saturated carbocycles. The first-order valence-electron chi connectivity index (χ1n) is 8.50. The molecule has 1 aromatic carbocycles. The van der Waals surface area contributed by atoms with Crippen LogP contribution in [0.25, 0.3) is 0 Å². The Morgan fingerprint density at radius 1 is 1.29 bits per heavy atom. The molecule has 0 saturated heterocycles. The lowest BCUT2D eigenvalue weighted by molar-refractivity contribution is 0.151. The largest absolute Gasteiger partial charge is 0.436 e. The highest BCUT2D eigenvalue weighted by Gasteiger charge is 2.13. The van der Waals surface area contributed by atoms with Crippen molar-refractivity contribution in [1.29, 1.82) is 0 Å². The average molecular weight is 348 g/mol. The maximum atomic E-state index is 11.5. The van der Waals surface area contributed by atoms with E-state index >= 15 is 0 Å². The van der Waals surface area contributed by atoms with Gasteiger partial charge in [-0.3, -0.25) is 0 Å². The van der Waals surface area contributed by atoms with Crippen molar-refractivity contribution in [2.24, 2.45) is 5.92 Å². The van der Waals surface area contributed by atoms with Crippen molar-refractivity contribution in [2.45, 2.75) is 57.9 Å². The van der Waals surface area contributed by atoms with Gasteiger partial charge in [-0.15, -0.1) is 11.8 Å². The van der Waals surface area contributed by atoms with Crippen LogP contribution in [0.5, 0.6) is 0 Å². The molecule has 0 unspecified atom stereocenters. The fraction of sp³-hybridized carbons (Fsp3) is 0.550. The maximum absolute atomic E-state index is 11.5. The summed E-state index contributed by atoms with van der Waals surface area (Å²) in [5.41, 5.74) is 0.648. The van der Waals surface area contributed by atoms with E-state index in [1.54, 1.807) is 0 Å². The molecular weight excluding hydrogens is 318 g/mol. The Morgan fingerprint density at radius 3 is 2.62 bits per heavy atom. The van der Waals surface area contributed by atoms with Gasteiger partial charge in [0.05, 0.1) is 0 Å². The lowest BCUT2D eigenvalue weighted by Crippen LogP contribution is -2.40. The van der Waals surface area contributed by atoms with Crippen molar-refractivity contribution >= 4 is 17.9 Å². The molecule has 0 atom stereocenters. The van der Waals surface area contributed by atoms with E-state index in [1.807, 2.05) is 44.7 Å². The molecular formula is C20H29NO2S. The number of rotatable bonds is 6. The first-order chi connectivity index (χ1) is 11.3. The number of alkyl carbamates (subject to hydrolysis) is 1. The van der Waals surface area contributed by atoms with Crippen LogP contribution in [0.1, 0.15) is 53.0 Å². The first-order valence-corrected chi connectivity index (χ1v) is 9.49. The van der Waals surface area contributed by atoms with Crippen molar-refractivity contribution < 1.29 is 9.53 Å². The molecule has 1 rings (SSSR count). The van der Waals surface area contributed by atoms with Crippen molar-refractivity contribution in [1.82, 2.24) is 5.32 Å². The van der Waals surface area contributed by atoms with E-state index in [9.17, 15) is 4.79 Å². The first kappa shape index (κ1) is 20.4. The van der Waals surface area contributed by atoms with Gasteiger partial charge in [-0.1, -0.05) is 44.6 Å². The van der Waals surface area contributed by atoms with Crippen molar-refractivity contribution in [3.63, 3.8) is 0 Å². The topological polar surface area (TPSA) is 38.3 Å². The SMILES string of the molecule is CCC(CC)CSc1cccc(C#CCOC(=O)NC(C)(C)C)c1. The van der Waals surface area contributed by atoms with Crippen LogP contribution in [0.4, 0.5) is 4.79 Å². The molecule has 4 heteroatoms. The third-order valence-electron chi connectivity index (χ3n) is 3.46. The van der Waals surface area contributed by atoms with Crippen LogP contribution >= 0.6 is 11.8 Å². The van der Waals surface area contributed by atoms with Crippen LogP contribution in [0, 0.1) is 17.8 Å². The molecule has 0 aromatic heterocycles. The van der Waals surface area contributed by atoms with E-state index in [4.69, 9.17) is 4.74 Å². The van der Waals surface area contributed by atoms with Crippen LogP contribution in [0.2, 0.25) is 0 Å². The third kappa shape index (κ3) is 8.88. The monoisotopic (exact) mass is 347 g/mol. The number of hydrogen-bond acceptors (Lipinski definition) is 3. The summed E-state index contributed by atoms with van der Waals surface area (Å²) in [5, 5.41) is 2.73. The van der Waals surface area contributed by atoms with Crippen LogP contribution in [0.15, 0.2) is 29.2 Å². The van der Waals surface area contributed by atoms with Gasteiger partial charge in [-0.05, 0) is 44.9 Å². The van der Waals surface area contributed by atoms with Crippen LogP contribution in [-0.4, -0.2) is 24.0 Å². The molecule has 132 valence electrons. The normalized spacial score (nSPS) is 10.9. The zero-order valence-corrected chi connectivity index (χ0v) is 16.3. The van der Waals surface area contributed by atoms with E-state index < -0.39 is 6.09 Å². The highest BCUT2D eigenvalue weighted by atomic mass is 32.2. The molecule has 1 amide bonds. The molecule has 0 heterocycles. The van der Waals surface area contributed by atoms with Gasteiger partial charge in [0.2, 0.25) is 0 Å². The summed E-state index contributed by atoms with van der Waals surface area (Å²) in [7, 11) is 0. The van der Waals surface area contributed by atoms with Crippen molar-refractivity contribution in [3.05, 3.63) is 29.8 Å². The number of benzene rings is 1. The van der Waals surface area contributed by atoms with Gasteiger partial charge in [-0.25, -0.2) is 4.79 Å². The second-order valence-corrected chi connectivity index (χ2v) is 7.87. The third-order valence-corrected chi connectivity index (χ3v) is 4.68. The Labute approximate surface area is 150 Å². The van der Waals surface area contributed by atoms with Crippen LogP contribution in [0.3, 0.4) is 0 Å². The molecule has 0 aliphatic rings. The van der Waals surface area contributed by atoms with E-state index in [2.05, 4.69) is 43.1 Å². The second-order valence-electron chi connectivity index (χ2n) is 6.77. The summed E-state index contributed by atoms with van der Waals surface area (Å²) in [4.78, 5) is 12.8. The number of carbonyl (C=O) groups excluding carboxylic acids is 1. The molecule has 1 N–H and O–H groups in total. The average Bonchev–Trinajstić information content (AvgIpc) is 2.51. The molecule has 0 aliphatic carbocycles. The summed E-state index contributed by atoms with van der Waals surface area (Å²) in [6.45, 7) is 10.3. The van der Waals surface area contributed by atoms with Gasteiger partial charge < -0.3 is 10.1 Å². The summed E-state index contributed by atoms with van der Waals surface area (Å²) in [5.74, 6) is 7.84. The van der Waals surface area contributed by atoms with E-state index in [-0.39, 0.29) is 12.1 Å². The molecule has 0 radical (unpaired) electrons. The predicted octanol–water partition coefficient (Wildman–Crippen LogP) is 5.09. The number of ether oxygens (including phenoxy) is 1. The standard InChI is InChI=1S/C20H29NO2S/c1-6-16(7-2)15-24-18-12-8-10-17(14-18)11-9-13-23-19(22)21-20(3,4)5/h8,10,12,14,16H,6-7,13,15H2,1-5H3,(H,21,22). The summed E-state index contributed by atoms with van der Waals surface area (Å²) >= 11 is 1.88. The van der Waals surface area contributed by atoms with Gasteiger partial charge in [0.25, 0.3) is 0 Å². The summed E-state index contributed by atoms with van der Waals surface area (Å²) < 4.78 is 5.05.